The highest BCUT2D eigenvalue weighted by atomic mass is 32.2. The number of carbonyl (C=O) groups is 2. The van der Waals surface area contributed by atoms with Crippen molar-refractivity contribution in [2.75, 3.05) is 25.7 Å². The fourth-order valence-corrected chi connectivity index (χ4v) is 8.76. The zero-order valence-electron chi connectivity index (χ0n) is 29.6. The lowest BCUT2D eigenvalue weighted by Crippen LogP contribution is -2.35. The molecule has 3 aromatic rings. The van der Waals surface area contributed by atoms with E-state index in [1.807, 2.05) is 0 Å². The number of aliphatic carboxylic acids is 2. The Hall–Kier alpha value is -4.02. The molecule has 2 aliphatic rings. The van der Waals surface area contributed by atoms with Gasteiger partial charge in [0.05, 0.1) is 24.9 Å². The van der Waals surface area contributed by atoms with Gasteiger partial charge in [-0.05, 0) is 99.3 Å². The van der Waals surface area contributed by atoms with Crippen molar-refractivity contribution in [2.24, 2.45) is 0 Å². The maximum atomic E-state index is 11.0. The number of hydrogen-bond acceptors (Lipinski definition) is 7. The first kappa shape index (κ1) is 37.2. The lowest BCUT2D eigenvalue weighted by molar-refractivity contribution is -0.669. The van der Waals surface area contributed by atoms with Gasteiger partial charge in [-0.2, -0.15) is 4.57 Å². The van der Waals surface area contributed by atoms with Gasteiger partial charge in [-0.1, -0.05) is 47.7 Å². The maximum Gasteiger partial charge on any atom is 0.303 e. The highest BCUT2D eigenvalue weighted by Crippen LogP contribution is 2.48. The number of aromatic nitrogens is 1. The molecule has 2 aromatic carbocycles. The van der Waals surface area contributed by atoms with Crippen LogP contribution in [0.1, 0.15) is 86.8 Å². The van der Waals surface area contributed by atoms with Gasteiger partial charge >= 0.3 is 11.9 Å². The third-order valence-corrected chi connectivity index (χ3v) is 11.4. The van der Waals surface area contributed by atoms with Crippen LogP contribution in [-0.4, -0.2) is 42.9 Å². The fraction of sp³-hybridized carbons (Fsp3) is 0.425. The van der Waals surface area contributed by atoms with Crippen LogP contribution >= 0.6 is 23.1 Å². The number of thioether (sulfide) groups is 1. The Balaban J connectivity index is 1.36. The van der Waals surface area contributed by atoms with Crippen molar-refractivity contribution in [1.29, 1.82) is 0 Å². The summed E-state index contributed by atoms with van der Waals surface area (Å²) in [7, 11) is 3.42. The number of methoxy groups -OCH3 is 2. The second-order valence-corrected chi connectivity index (χ2v) is 15.1. The number of unbranched alkanes of at least 4 members (excludes halogenated alkanes) is 4. The van der Waals surface area contributed by atoms with Crippen LogP contribution in [0.2, 0.25) is 0 Å². The Labute approximate surface area is 303 Å². The van der Waals surface area contributed by atoms with Gasteiger partial charge in [0, 0.05) is 48.9 Å². The number of thiazole rings is 1. The number of nitrogens with zero attached hydrogens (tertiary/aromatic N) is 2. The van der Waals surface area contributed by atoms with E-state index in [0.29, 0.717) is 12.8 Å². The third kappa shape index (κ3) is 9.60. The normalized spacial score (nSPS) is 16.1. The van der Waals surface area contributed by atoms with Crippen molar-refractivity contribution in [3.05, 3.63) is 80.9 Å². The average molecular weight is 718 g/mol. The van der Waals surface area contributed by atoms with Gasteiger partial charge in [-0.15, -0.1) is 0 Å². The smallest absolute Gasteiger partial charge is 0.303 e. The molecule has 0 atom stereocenters. The summed E-state index contributed by atoms with van der Waals surface area (Å²) in [5.41, 5.74) is 7.18. The molecule has 0 saturated heterocycles. The topological polar surface area (TPSA) is 100 Å². The van der Waals surface area contributed by atoms with Crippen molar-refractivity contribution < 1.29 is 33.8 Å². The Kier molecular flexibility index (Phi) is 13.2. The van der Waals surface area contributed by atoms with Crippen LogP contribution < -0.4 is 18.9 Å². The second-order valence-electron chi connectivity index (χ2n) is 13.0. The minimum Gasteiger partial charge on any atom is -0.496 e. The maximum absolute atomic E-state index is 11.0. The van der Waals surface area contributed by atoms with Crippen LogP contribution in [0.25, 0.3) is 16.3 Å². The van der Waals surface area contributed by atoms with E-state index < -0.39 is 11.9 Å². The van der Waals surface area contributed by atoms with Gasteiger partial charge in [0.2, 0.25) is 5.52 Å². The Morgan fingerprint density at radius 2 is 1.56 bits per heavy atom. The number of fused-ring (bicyclic) bond motifs is 2. The standard InChI is InChI=1S/C40H48N2O6S2/c1-27-22-31-35(25-33(27)47-3)49-37(41(31)20-9-5-7-14-39(43)44)18-16-29-12-11-13-30(24-29)17-19-38-42(21-10-6-8-15-40(45)46)32-23-28(2)34(48-4)26-36(32)50-38/h16-19,22-26H,5-15,20-21H2,1-4H3,(H-,43,44,45,46)/p+1. The zero-order chi connectivity index (χ0) is 35.6. The van der Waals surface area contributed by atoms with Crippen LogP contribution in [0.4, 0.5) is 5.69 Å². The van der Waals surface area contributed by atoms with Crippen molar-refractivity contribution in [3.8, 4) is 11.5 Å². The average Bonchev–Trinajstić information content (AvgIpc) is 3.60. The van der Waals surface area contributed by atoms with E-state index in [9.17, 15) is 9.59 Å². The lowest BCUT2D eigenvalue weighted by atomic mass is 9.94. The minimum absolute atomic E-state index is 0.214. The third-order valence-electron chi connectivity index (χ3n) is 9.22. The number of rotatable bonds is 17. The van der Waals surface area contributed by atoms with E-state index in [2.05, 4.69) is 78.0 Å². The summed E-state index contributed by atoms with van der Waals surface area (Å²) in [5.74, 6) is 0.300. The summed E-state index contributed by atoms with van der Waals surface area (Å²) in [5, 5.41) is 20.4. The fourth-order valence-electron chi connectivity index (χ4n) is 6.56. The molecule has 0 bridgehead atoms. The first-order valence-electron chi connectivity index (χ1n) is 17.5. The first-order valence-corrected chi connectivity index (χ1v) is 19.2. The van der Waals surface area contributed by atoms with Gasteiger partial charge in [0.1, 0.15) is 16.2 Å². The molecule has 1 aliphatic heterocycles. The number of allylic oxidation sites excluding steroid dienone is 6. The van der Waals surface area contributed by atoms with E-state index in [1.54, 1.807) is 37.3 Å². The summed E-state index contributed by atoms with van der Waals surface area (Å²) in [6, 6.07) is 8.64. The first-order chi connectivity index (χ1) is 24.2. The van der Waals surface area contributed by atoms with Crippen molar-refractivity contribution in [3.63, 3.8) is 0 Å². The SMILES string of the molecule is COc1cc2c(cc1C)N(CCCCCC(=O)O)/C(=C/C=C1C=C(/C=C/c3sc4cc(OC)c(C)cc4[n+]3CCCCCC(=O)O)CCC/1)S2. The van der Waals surface area contributed by atoms with Crippen molar-refractivity contribution in [2.45, 2.75) is 95.9 Å². The molecule has 50 heavy (non-hydrogen) atoms. The van der Waals surface area contributed by atoms with E-state index in [1.165, 1.54) is 42.0 Å². The second kappa shape index (κ2) is 17.8. The molecule has 0 fully saturated rings. The Bertz CT molecular complexity index is 1840. The Morgan fingerprint density at radius 1 is 0.860 bits per heavy atom. The van der Waals surface area contributed by atoms with E-state index in [-0.39, 0.29) is 12.8 Å². The molecule has 8 nitrogen and oxygen atoms in total. The van der Waals surface area contributed by atoms with Crippen LogP contribution in [0.15, 0.2) is 69.6 Å². The van der Waals surface area contributed by atoms with E-state index >= 15 is 0 Å². The predicted octanol–water partition coefficient (Wildman–Crippen LogP) is 9.62. The number of ether oxygens (including phenoxy) is 2. The molecule has 0 spiro atoms. The highest BCUT2D eigenvalue weighted by Gasteiger charge is 2.26. The number of anilines is 1. The van der Waals surface area contributed by atoms with Gasteiger partial charge in [-0.25, -0.2) is 0 Å². The summed E-state index contributed by atoms with van der Waals surface area (Å²) in [6.45, 7) is 5.82. The number of hydrogen-bond donors (Lipinski definition) is 2. The van der Waals surface area contributed by atoms with E-state index in [0.717, 1.165) is 80.7 Å². The molecule has 5 rings (SSSR count). The quantitative estimate of drug-likeness (QED) is 0.105. The molecule has 266 valence electrons. The number of aryl methyl sites for hydroxylation is 3. The molecule has 0 unspecified atom stereocenters. The van der Waals surface area contributed by atoms with Crippen LogP contribution in [0.5, 0.6) is 11.5 Å². The van der Waals surface area contributed by atoms with Crippen molar-refractivity contribution >= 4 is 57.0 Å². The largest absolute Gasteiger partial charge is 0.496 e. The summed E-state index contributed by atoms with van der Waals surface area (Å²) >= 11 is 3.52. The molecular formula is C40H49N2O6S2+. The zero-order valence-corrected chi connectivity index (χ0v) is 31.3. The minimum atomic E-state index is -0.736. The van der Waals surface area contributed by atoms with Gasteiger partial charge < -0.3 is 24.6 Å². The molecule has 1 aliphatic carbocycles. The highest BCUT2D eigenvalue weighted by molar-refractivity contribution is 8.03. The Morgan fingerprint density at radius 3 is 2.28 bits per heavy atom. The molecule has 10 heteroatoms. The number of benzene rings is 2. The molecule has 1 aromatic heterocycles. The molecule has 2 N–H and O–H groups in total. The molecular weight excluding hydrogens is 669 g/mol. The molecule has 0 radical (unpaired) electrons. The van der Waals surface area contributed by atoms with E-state index in [4.69, 9.17) is 19.7 Å². The number of carboxylic acids is 2. The monoisotopic (exact) mass is 717 g/mol. The molecule has 0 amide bonds. The molecule has 0 saturated carbocycles. The number of carboxylic acid groups (broad SMARTS) is 2. The van der Waals surface area contributed by atoms with Crippen LogP contribution in [0, 0.1) is 13.8 Å². The summed E-state index contributed by atoms with van der Waals surface area (Å²) in [6.07, 6.45) is 19.9. The van der Waals surface area contributed by atoms with Gasteiger partial charge in [0.15, 0.2) is 6.54 Å². The molecule has 2 heterocycles. The van der Waals surface area contributed by atoms with Crippen LogP contribution in [-0.2, 0) is 16.1 Å². The predicted molar refractivity (Wildman–Crippen MR) is 204 cm³/mol. The van der Waals surface area contributed by atoms with Crippen LogP contribution in [0.3, 0.4) is 0 Å². The summed E-state index contributed by atoms with van der Waals surface area (Å²) in [4.78, 5) is 25.5. The van der Waals surface area contributed by atoms with Gasteiger partial charge in [-0.3, -0.25) is 9.59 Å². The van der Waals surface area contributed by atoms with Gasteiger partial charge in [0.25, 0.3) is 5.01 Å². The van der Waals surface area contributed by atoms with Crippen molar-refractivity contribution in [1.82, 2.24) is 0 Å². The lowest BCUT2D eigenvalue weighted by Gasteiger charge is -2.21. The summed E-state index contributed by atoms with van der Waals surface area (Å²) < 4.78 is 14.8.